The Balaban J connectivity index is 1.31. The van der Waals surface area contributed by atoms with Crippen LogP contribution in [0.25, 0.3) is 20.4 Å². The van der Waals surface area contributed by atoms with Crippen LogP contribution in [0.1, 0.15) is 41.6 Å². The number of hydrogen-bond donors (Lipinski definition) is 2. The van der Waals surface area contributed by atoms with E-state index < -0.39 is 0 Å². The normalized spacial score (nSPS) is 11.3. The third-order valence-corrected chi connectivity index (χ3v) is 8.07. The van der Waals surface area contributed by atoms with E-state index >= 15 is 0 Å². The maximum absolute atomic E-state index is 12.7. The number of amides is 2. The minimum Gasteiger partial charge on any atom is -0.297 e. The topological polar surface area (TPSA) is 84.0 Å². The first-order valence-corrected chi connectivity index (χ1v) is 12.7. The second kappa shape index (κ2) is 8.33. The monoisotopic (exact) mass is 492 g/mol. The zero-order chi connectivity index (χ0) is 23.3. The van der Waals surface area contributed by atoms with Crippen LogP contribution in [0.15, 0.2) is 36.4 Å². The van der Waals surface area contributed by atoms with Gasteiger partial charge >= 0.3 is 0 Å². The lowest BCUT2D eigenvalue weighted by Crippen LogP contribution is -2.11. The molecule has 2 N–H and O–H groups in total. The van der Waals surface area contributed by atoms with Gasteiger partial charge in [0.2, 0.25) is 0 Å². The third kappa shape index (κ3) is 4.27. The number of fused-ring (bicyclic) bond motifs is 2. The Bertz CT molecular complexity index is 1450. The first-order valence-electron chi connectivity index (χ1n) is 10.2. The SMILES string of the molecule is Cc1cc(C)c2nc(NC(=O)c3ccc(C(=O)Nc4nc5c(C)cc(C)cc5s4)s3)sc2c1. The van der Waals surface area contributed by atoms with Gasteiger partial charge in [-0.15, -0.1) is 11.3 Å². The van der Waals surface area contributed by atoms with Crippen LogP contribution >= 0.6 is 34.0 Å². The van der Waals surface area contributed by atoms with Crippen LogP contribution in [0.2, 0.25) is 0 Å². The Kier molecular flexibility index (Phi) is 5.48. The van der Waals surface area contributed by atoms with E-state index in [9.17, 15) is 9.59 Å². The maximum Gasteiger partial charge on any atom is 0.267 e. The number of aromatic nitrogens is 2. The van der Waals surface area contributed by atoms with Crippen LogP contribution in [0, 0.1) is 27.7 Å². The summed E-state index contributed by atoms with van der Waals surface area (Å²) in [5.74, 6) is -0.558. The highest BCUT2D eigenvalue weighted by molar-refractivity contribution is 7.23. The summed E-state index contributed by atoms with van der Waals surface area (Å²) in [5, 5.41) is 6.81. The van der Waals surface area contributed by atoms with E-state index in [4.69, 9.17) is 0 Å². The van der Waals surface area contributed by atoms with E-state index in [0.29, 0.717) is 20.0 Å². The van der Waals surface area contributed by atoms with Gasteiger partial charge in [0.05, 0.1) is 30.2 Å². The largest absolute Gasteiger partial charge is 0.297 e. The zero-order valence-electron chi connectivity index (χ0n) is 18.4. The van der Waals surface area contributed by atoms with Gasteiger partial charge < -0.3 is 0 Å². The quantitative estimate of drug-likeness (QED) is 0.292. The molecule has 0 saturated heterocycles. The van der Waals surface area contributed by atoms with Gasteiger partial charge in [0.15, 0.2) is 10.3 Å². The van der Waals surface area contributed by atoms with Crippen molar-refractivity contribution < 1.29 is 9.59 Å². The number of thiazole rings is 2. The van der Waals surface area contributed by atoms with Crippen LogP contribution in [-0.4, -0.2) is 21.8 Å². The van der Waals surface area contributed by atoms with Gasteiger partial charge in [0.1, 0.15) is 0 Å². The van der Waals surface area contributed by atoms with Crippen LogP contribution in [0.4, 0.5) is 10.3 Å². The molecule has 5 aromatic rings. The standard InChI is InChI=1S/C24H20N4O2S3/c1-11-7-13(3)19-17(9-11)32-23(25-19)27-21(29)15-5-6-16(31-15)22(30)28-24-26-20-14(4)8-12(2)10-18(20)33-24/h5-10H,1-4H3,(H,25,27,29)(H,26,28,30). The molecule has 0 unspecified atom stereocenters. The van der Waals surface area contributed by atoms with Crippen LogP contribution in [0.5, 0.6) is 0 Å². The second-order valence-corrected chi connectivity index (χ2v) is 11.1. The molecule has 0 fully saturated rings. The molecule has 0 spiro atoms. The lowest BCUT2D eigenvalue weighted by atomic mass is 10.1. The maximum atomic E-state index is 12.7. The van der Waals surface area contributed by atoms with Gasteiger partial charge in [-0.3, -0.25) is 20.2 Å². The molecule has 2 aromatic carbocycles. The molecule has 6 nitrogen and oxygen atoms in total. The fourth-order valence-electron chi connectivity index (χ4n) is 3.75. The van der Waals surface area contributed by atoms with Crippen molar-refractivity contribution in [3.05, 3.63) is 68.4 Å². The molecule has 0 radical (unpaired) electrons. The summed E-state index contributed by atoms with van der Waals surface area (Å²) in [6.07, 6.45) is 0. The van der Waals surface area contributed by atoms with Gasteiger partial charge in [0, 0.05) is 0 Å². The molecule has 3 heterocycles. The van der Waals surface area contributed by atoms with E-state index in [2.05, 4.69) is 44.9 Å². The number of carbonyl (C=O) groups excluding carboxylic acids is 2. The van der Waals surface area contributed by atoms with Crippen molar-refractivity contribution in [1.29, 1.82) is 0 Å². The van der Waals surface area contributed by atoms with E-state index in [-0.39, 0.29) is 11.8 Å². The van der Waals surface area contributed by atoms with E-state index in [0.717, 1.165) is 54.0 Å². The second-order valence-electron chi connectivity index (χ2n) is 7.97. The number of thiophene rings is 1. The fraction of sp³-hybridized carbons (Fsp3) is 0.167. The minimum atomic E-state index is -0.279. The molecule has 5 rings (SSSR count). The van der Waals surface area contributed by atoms with Crippen molar-refractivity contribution in [2.75, 3.05) is 10.6 Å². The summed E-state index contributed by atoms with van der Waals surface area (Å²) in [4.78, 5) is 35.5. The van der Waals surface area contributed by atoms with Gasteiger partial charge in [-0.1, -0.05) is 34.8 Å². The summed E-state index contributed by atoms with van der Waals surface area (Å²) in [6, 6.07) is 11.6. The van der Waals surface area contributed by atoms with Crippen molar-refractivity contribution in [1.82, 2.24) is 9.97 Å². The number of benzene rings is 2. The molecule has 0 bridgehead atoms. The summed E-state index contributed by atoms with van der Waals surface area (Å²) < 4.78 is 2.07. The number of hydrogen-bond acceptors (Lipinski definition) is 7. The average Bonchev–Trinajstić information content (AvgIpc) is 3.45. The van der Waals surface area contributed by atoms with Gasteiger partial charge in [-0.05, 0) is 74.2 Å². The van der Waals surface area contributed by atoms with Crippen molar-refractivity contribution >= 4 is 76.5 Å². The van der Waals surface area contributed by atoms with E-state index in [1.807, 2.05) is 27.7 Å². The Morgan fingerprint density at radius 2 is 1.09 bits per heavy atom. The van der Waals surface area contributed by atoms with Gasteiger partial charge in [-0.2, -0.15) is 0 Å². The van der Waals surface area contributed by atoms with Crippen LogP contribution in [0.3, 0.4) is 0 Å². The predicted molar refractivity (Wildman–Crippen MR) is 138 cm³/mol. The minimum absolute atomic E-state index is 0.279. The van der Waals surface area contributed by atoms with Crippen LogP contribution < -0.4 is 10.6 Å². The number of aryl methyl sites for hydroxylation is 4. The number of rotatable bonds is 4. The lowest BCUT2D eigenvalue weighted by Gasteiger charge is -1.99. The molecular formula is C24H20N4O2S3. The summed E-state index contributed by atoms with van der Waals surface area (Å²) in [7, 11) is 0. The summed E-state index contributed by atoms with van der Waals surface area (Å²) in [6.45, 7) is 8.11. The lowest BCUT2D eigenvalue weighted by molar-refractivity contribution is 0.102. The molecule has 9 heteroatoms. The molecular weight excluding hydrogens is 472 g/mol. The third-order valence-electron chi connectivity index (χ3n) is 5.15. The van der Waals surface area contributed by atoms with Crippen molar-refractivity contribution in [2.24, 2.45) is 0 Å². The number of nitrogens with one attached hydrogen (secondary N) is 2. The number of carbonyl (C=O) groups is 2. The Morgan fingerprint density at radius 3 is 1.52 bits per heavy atom. The Labute approximate surface area is 202 Å². The summed E-state index contributed by atoms with van der Waals surface area (Å²) in [5.41, 5.74) is 6.28. The highest BCUT2D eigenvalue weighted by atomic mass is 32.1. The molecule has 166 valence electrons. The Morgan fingerprint density at radius 1 is 0.667 bits per heavy atom. The fourth-order valence-corrected chi connectivity index (χ4v) is 6.62. The van der Waals surface area contributed by atoms with Crippen molar-refractivity contribution in [3.8, 4) is 0 Å². The van der Waals surface area contributed by atoms with Crippen LogP contribution in [-0.2, 0) is 0 Å². The molecule has 0 aliphatic carbocycles. The molecule has 0 atom stereocenters. The van der Waals surface area contributed by atoms with E-state index in [1.54, 1.807) is 12.1 Å². The molecule has 0 aliphatic rings. The highest BCUT2D eigenvalue weighted by Gasteiger charge is 2.17. The number of nitrogens with zero attached hydrogens (tertiary/aromatic N) is 2. The summed E-state index contributed by atoms with van der Waals surface area (Å²) >= 11 is 4.03. The average molecular weight is 493 g/mol. The highest BCUT2D eigenvalue weighted by Crippen LogP contribution is 2.31. The smallest absolute Gasteiger partial charge is 0.267 e. The Hall–Kier alpha value is -3.14. The molecule has 0 saturated carbocycles. The van der Waals surface area contributed by atoms with E-state index in [1.165, 1.54) is 22.7 Å². The molecule has 33 heavy (non-hydrogen) atoms. The number of anilines is 2. The first-order chi connectivity index (χ1) is 15.8. The zero-order valence-corrected chi connectivity index (χ0v) is 20.8. The molecule has 2 amide bonds. The van der Waals surface area contributed by atoms with Gasteiger partial charge in [0.25, 0.3) is 11.8 Å². The van der Waals surface area contributed by atoms with Crippen molar-refractivity contribution in [3.63, 3.8) is 0 Å². The van der Waals surface area contributed by atoms with Gasteiger partial charge in [-0.25, -0.2) is 9.97 Å². The van der Waals surface area contributed by atoms with Crippen molar-refractivity contribution in [2.45, 2.75) is 27.7 Å². The first kappa shape index (κ1) is 21.7. The molecule has 0 aliphatic heterocycles. The predicted octanol–water partition coefficient (Wildman–Crippen LogP) is 6.71. The molecule has 3 aromatic heterocycles.